The highest BCUT2D eigenvalue weighted by Gasteiger charge is 2.37. The number of hydrogen-bond donors (Lipinski definition) is 2. The highest BCUT2D eigenvalue weighted by molar-refractivity contribution is 6.32. The van der Waals surface area contributed by atoms with Crippen molar-refractivity contribution in [2.75, 3.05) is 6.54 Å². The van der Waals surface area contributed by atoms with Crippen molar-refractivity contribution in [2.45, 2.75) is 12.3 Å². The molecule has 0 fully saturated rings. The van der Waals surface area contributed by atoms with E-state index in [1.165, 1.54) is 6.08 Å². The quantitative estimate of drug-likeness (QED) is 0.838. The average Bonchev–Trinajstić information content (AvgIpc) is 2.33. The van der Waals surface area contributed by atoms with Crippen LogP contribution in [0.5, 0.6) is 0 Å². The lowest BCUT2D eigenvalue weighted by molar-refractivity contribution is -0.201. The topological polar surface area (TPSA) is 49.3 Å². The molecule has 0 spiro atoms. The van der Waals surface area contributed by atoms with Crippen LogP contribution in [0.2, 0.25) is 5.02 Å². The maximum Gasteiger partial charge on any atom is 0.416 e. The molecule has 0 aromatic heterocycles. The Balaban J connectivity index is 2.51. The van der Waals surface area contributed by atoms with Gasteiger partial charge in [-0.05, 0) is 17.7 Å². The number of aliphatic hydroxyl groups is 1. The van der Waals surface area contributed by atoms with Gasteiger partial charge in [0.15, 0.2) is 6.10 Å². The number of aliphatic hydroxyl groups excluding tert-OH is 1. The van der Waals surface area contributed by atoms with Gasteiger partial charge in [-0.3, -0.25) is 4.79 Å². The van der Waals surface area contributed by atoms with E-state index in [4.69, 9.17) is 16.7 Å². The first-order valence-corrected chi connectivity index (χ1v) is 5.63. The van der Waals surface area contributed by atoms with Gasteiger partial charge in [0.05, 0.1) is 6.54 Å². The molecule has 3 nitrogen and oxygen atoms in total. The van der Waals surface area contributed by atoms with E-state index >= 15 is 0 Å². The number of carbonyl (C=O) groups is 1. The summed E-state index contributed by atoms with van der Waals surface area (Å²) in [5.74, 6) is -0.747. The van der Waals surface area contributed by atoms with Gasteiger partial charge in [-0.25, -0.2) is 0 Å². The van der Waals surface area contributed by atoms with E-state index in [0.717, 1.165) is 6.08 Å². The van der Waals surface area contributed by atoms with Crippen molar-refractivity contribution in [2.24, 2.45) is 0 Å². The number of benzene rings is 1. The molecule has 0 heterocycles. The van der Waals surface area contributed by atoms with E-state index in [0.29, 0.717) is 10.6 Å². The van der Waals surface area contributed by atoms with E-state index in [1.54, 1.807) is 24.3 Å². The van der Waals surface area contributed by atoms with E-state index in [1.807, 2.05) is 5.32 Å². The summed E-state index contributed by atoms with van der Waals surface area (Å²) in [6.07, 6.45) is -4.91. The van der Waals surface area contributed by atoms with E-state index in [2.05, 4.69) is 0 Å². The third-order valence-corrected chi connectivity index (χ3v) is 2.51. The molecule has 1 amide bonds. The Hall–Kier alpha value is -1.53. The predicted octanol–water partition coefficient (Wildman–Crippen LogP) is 2.39. The molecule has 2 N–H and O–H groups in total. The molecule has 19 heavy (non-hydrogen) atoms. The molecule has 1 atom stereocenters. The highest BCUT2D eigenvalue weighted by Crippen LogP contribution is 2.19. The van der Waals surface area contributed by atoms with Crippen molar-refractivity contribution in [1.29, 1.82) is 0 Å². The van der Waals surface area contributed by atoms with Crippen LogP contribution >= 0.6 is 11.6 Å². The van der Waals surface area contributed by atoms with Crippen LogP contribution in [0, 0.1) is 0 Å². The molecule has 1 rings (SSSR count). The lowest BCUT2D eigenvalue weighted by Gasteiger charge is -2.14. The number of amides is 1. The number of rotatable bonds is 4. The van der Waals surface area contributed by atoms with Crippen LogP contribution in [-0.4, -0.2) is 29.8 Å². The molecule has 1 unspecified atom stereocenters. The van der Waals surface area contributed by atoms with Crippen LogP contribution in [0.25, 0.3) is 6.08 Å². The number of carbonyl (C=O) groups excluding carboxylic acids is 1. The Morgan fingerprint density at radius 2 is 2.05 bits per heavy atom. The molecular weight excluding hydrogens is 283 g/mol. The minimum Gasteiger partial charge on any atom is -0.382 e. The SMILES string of the molecule is O=C(/C=C/c1ccccc1Cl)NCC(O)C(F)(F)F. The molecule has 0 aliphatic heterocycles. The zero-order valence-corrected chi connectivity index (χ0v) is 10.4. The first-order chi connectivity index (χ1) is 8.80. The average molecular weight is 294 g/mol. The summed E-state index contributed by atoms with van der Waals surface area (Å²) in [7, 11) is 0. The second-order valence-corrected chi connectivity index (χ2v) is 4.06. The summed E-state index contributed by atoms with van der Waals surface area (Å²) in [5, 5.41) is 11.0. The van der Waals surface area contributed by atoms with Crippen LogP contribution in [0.4, 0.5) is 13.2 Å². The Labute approximate surface area is 112 Å². The number of alkyl halides is 3. The molecule has 0 saturated carbocycles. The van der Waals surface area contributed by atoms with Gasteiger partial charge >= 0.3 is 6.18 Å². The standard InChI is InChI=1S/C12H11ClF3NO2/c13-9-4-2-1-3-8(9)5-6-11(19)17-7-10(18)12(14,15)16/h1-6,10,18H,7H2,(H,17,19)/b6-5+. The van der Waals surface area contributed by atoms with E-state index < -0.39 is 24.7 Å². The maximum atomic E-state index is 12.0. The van der Waals surface area contributed by atoms with Crippen molar-refractivity contribution in [3.63, 3.8) is 0 Å². The van der Waals surface area contributed by atoms with Gasteiger partial charge in [-0.2, -0.15) is 13.2 Å². The van der Waals surface area contributed by atoms with E-state index in [-0.39, 0.29) is 0 Å². The van der Waals surface area contributed by atoms with Crippen molar-refractivity contribution in [3.05, 3.63) is 40.9 Å². The molecule has 0 saturated heterocycles. The third-order valence-electron chi connectivity index (χ3n) is 2.17. The first kappa shape index (κ1) is 15.5. The van der Waals surface area contributed by atoms with Crippen molar-refractivity contribution in [1.82, 2.24) is 5.32 Å². The van der Waals surface area contributed by atoms with Crippen molar-refractivity contribution in [3.8, 4) is 0 Å². The summed E-state index contributed by atoms with van der Waals surface area (Å²) in [6, 6.07) is 6.68. The van der Waals surface area contributed by atoms with Gasteiger partial charge in [0, 0.05) is 11.1 Å². The van der Waals surface area contributed by atoms with Gasteiger partial charge in [0.25, 0.3) is 0 Å². The smallest absolute Gasteiger partial charge is 0.382 e. The summed E-state index contributed by atoms with van der Waals surface area (Å²) < 4.78 is 35.9. The highest BCUT2D eigenvalue weighted by atomic mass is 35.5. The number of hydrogen-bond acceptors (Lipinski definition) is 2. The summed E-state index contributed by atoms with van der Waals surface area (Å²) in [4.78, 5) is 11.2. The Morgan fingerprint density at radius 1 is 1.42 bits per heavy atom. The number of nitrogens with one attached hydrogen (secondary N) is 1. The van der Waals surface area contributed by atoms with Crippen LogP contribution in [0.3, 0.4) is 0 Å². The largest absolute Gasteiger partial charge is 0.416 e. The van der Waals surface area contributed by atoms with Crippen LogP contribution in [-0.2, 0) is 4.79 Å². The minimum absolute atomic E-state index is 0.418. The second-order valence-electron chi connectivity index (χ2n) is 3.66. The van der Waals surface area contributed by atoms with Gasteiger partial charge in [0.2, 0.25) is 5.91 Å². The Bertz CT molecular complexity index is 474. The molecule has 0 radical (unpaired) electrons. The molecule has 104 valence electrons. The van der Waals surface area contributed by atoms with Crippen LogP contribution in [0.15, 0.2) is 30.3 Å². The minimum atomic E-state index is -4.75. The summed E-state index contributed by atoms with van der Waals surface area (Å²) >= 11 is 5.82. The van der Waals surface area contributed by atoms with Gasteiger partial charge in [0.1, 0.15) is 0 Å². The van der Waals surface area contributed by atoms with E-state index in [9.17, 15) is 18.0 Å². The molecule has 0 aliphatic carbocycles. The molecule has 1 aromatic rings. The van der Waals surface area contributed by atoms with Gasteiger partial charge in [-0.1, -0.05) is 29.8 Å². The van der Waals surface area contributed by atoms with Crippen molar-refractivity contribution >= 4 is 23.6 Å². The molecule has 0 bridgehead atoms. The van der Waals surface area contributed by atoms with Crippen LogP contribution < -0.4 is 5.32 Å². The maximum absolute atomic E-state index is 12.0. The molecule has 1 aromatic carbocycles. The molecule has 7 heteroatoms. The number of halogens is 4. The fraction of sp³-hybridized carbons (Fsp3) is 0.250. The van der Waals surface area contributed by atoms with Gasteiger partial charge in [-0.15, -0.1) is 0 Å². The normalized spacial score (nSPS) is 13.5. The van der Waals surface area contributed by atoms with Crippen molar-refractivity contribution < 1.29 is 23.1 Å². The second kappa shape index (κ2) is 6.58. The summed E-state index contributed by atoms with van der Waals surface area (Å²) in [6.45, 7) is -0.894. The molecule has 0 aliphatic rings. The predicted molar refractivity (Wildman–Crippen MR) is 65.6 cm³/mol. The summed E-state index contributed by atoms with van der Waals surface area (Å²) in [5.41, 5.74) is 0.565. The lowest BCUT2D eigenvalue weighted by atomic mass is 10.2. The third kappa shape index (κ3) is 5.32. The Kier molecular flexibility index (Phi) is 5.38. The van der Waals surface area contributed by atoms with Gasteiger partial charge < -0.3 is 10.4 Å². The first-order valence-electron chi connectivity index (χ1n) is 5.26. The monoisotopic (exact) mass is 293 g/mol. The zero-order valence-electron chi connectivity index (χ0n) is 9.62. The van der Waals surface area contributed by atoms with Crippen LogP contribution in [0.1, 0.15) is 5.56 Å². The Morgan fingerprint density at radius 3 is 2.63 bits per heavy atom. The zero-order chi connectivity index (χ0) is 14.5. The fourth-order valence-corrected chi connectivity index (χ4v) is 1.35. The lowest BCUT2D eigenvalue weighted by Crippen LogP contribution is -2.40. The molecular formula is C12H11ClF3NO2. The fourth-order valence-electron chi connectivity index (χ4n) is 1.15.